The second-order valence-electron chi connectivity index (χ2n) is 6.79. The quantitative estimate of drug-likeness (QED) is 0.317. The van der Waals surface area contributed by atoms with Crippen LogP contribution >= 0.6 is 0 Å². The predicted molar refractivity (Wildman–Crippen MR) is 123 cm³/mol. The van der Waals surface area contributed by atoms with Gasteiger partial charge in [-0.05, 0) is 61.0 Å². The smallest absolute Gasteiger partial charge is 0.329 e. The molecule has 0 atom stereocenters. The fourth-order valence-corrected chi connectivity index (χ4v) is 2.71. The molecule has 3 aromatic carbocycles. The Hall–Kier alpha value is -4.46. The molecule has 0 heterocycles. The zero-order valence-corrected chi connectivity index (χ0v) is 17.6. The normalized spacial score (nSPS) is 10.4. The molecule has 32 heavy (non-hydrogen) atoms. The van der Waals surface area contributed by atoms with Gasteiger partial charge in [0.25, 0.3) is 5.91 Å². The van der Waals surface area contributed by atoms with Crippen molar-refractivity contribution in [3.05, 3.63) is 89.5 Å². The molecule has 8 nitrogen and oxygen atoms in total. The van der Waals surface area contributed by atoms with Gasteiger partial charge < -0.3 is 15.4 Å². The van der Waals surface area contributed by atoms with Gasteiger partial charge in [0, 0.05) is 5.69 Å². The highest BCUT2D eigenvalue weighted by Gasteiger charge is 2.17. The number of anilines is 2. The van der Waals surface area contributed by atoms with Gasteiger partial charge in [0.1, 0.15) is 5.75 Å². The lowest BCUT2D eigenvalue weighted by Gasteiger charge is -2.11. The first-order valence-electron chi connectivity index (χ1n) is 9.72. The first-order valence-corrected chi connectivity index (χ1v) is 9.72. The van der Waals surface area contributed by atoms with Crippen molar-refractivity contribution in [1.82, 2.24) is 5.43 Å². The highest BCUT2D eigenvalue weighted by molar-refractivity contribution is 6.40. The number of nitrogens with zero attached hydrogens (tertiary/aromatic N) is 1. The molecule has 0 saturated heterocycles. The van der Waals surface area contributed by atoms with Crippen LogP contribution < -0.4 is 20.8 Å². The fourth-order valence-electron chi connectivity index (χ4n) is 2.71. The molecule has 0 aromatic heterocycles. The van der Waals surface area contributed by atoms with Gasteiger partial charge in [-0.3, -0.25) is 14.4 Å². The second kappa shape index (κ2) is 10.5. The van der Waals surface area contributed by atoms with E-state index in [9.17, 15) is 14.4 Å². The topological polar surface area (TPSA) is 109 Å². The van der Waals surface area contributed by atoms with E-state index in [0.717, 1.165) is 5.56 Å². The lowest BCUT2D eigenvalue weighted by Crippen LogP contribution is -2.33. The number of carbonyl (C=O) groups is 3. The Morgan fingerprint density at radius 2 is 1.53 bits per heavy atom. The van der Waals surface area contributed by atoms with Crippen LogP contribution in [0.25, 0.3) is 0 Å². The standard InChI is InChI=1S/C24H22N4O4/c1-16-7-11-18(12-8-16)26-22(29)20-5-3-4-6-21(20)27-23(30)24(31)28-25-15-17-9-13-19(32-2)14-10-17/h3-15H,1-2H3,(H,26,29)(H,27,30)(H,28,31). The molecule has 3 N–H and O–H groups in total. The van der Waals surface area contributed by atoms with Crippen molar-refractivity contribution in [3.8, 4) is 5.75 Å². The van der Waals surface area contributed by atoms with Crippen LogP contribution in [0.4, 0.5) is 11.4 Å². The molecule has 0 aliphatic heterocycles. The predicted octanol–water partition coefficient (Wildman–Crippen LogP) is 3.34. The Kier molecular flexibility index (Phi) is 7.32. The molecule has 0 bridgehead atoms. The number of benzene rings is 3. The number of methoxy groups -OCH3 is 1. The van der Waals surface area contributed by atoms with E-state index in [1.807, 2.05) is 19.1 Å². The Bertz CT molecular complexity index is 1140. The number of hydrogen-bond acceptors (Lipinski definition) is 5. The summed E-state index contributed by atoms with van der Waals surface area (Å²) in [4.78, 5) is 37.0. The van der Waals surface area contributed by atoms with E-state index >= 15 is 0 Å². The summed E-state index contributed by atoms with van der Waals surface area (Å²) in [6, 6.07) is 20.7. The summed E-state index contributed by atoms with van der Waals surface area (Å²) in [6.45, 7) is 1.95. The Balaban J connectivity index is 1.61. The van der Waals surface area contributed by atoms with Crippen LogP contribution in [0.5, 0.6) is 5.75 Å². The van der Waals surface area contributed by atoms with E-state index in [4.69, 9.17) is 4.74 Å². The van der Waals surface area contributed by atoms with Crippen molar-refractivity contribution in [2.75, 3.05) is 17.7 Å². The molecule has 162 valence electrons. The maximum atomic E-state index is 12.7. The number of hydrogen-bond donors (Lipinski definition) is 3. The minimum Gasteiger partial charge on any atom is -0.497 e. The van der Waals surface area contributed by atoms with Crippen LogP contribution in [-0.2, 0) is 9.59 Å². The van der Waals surface area contributed by atoms with E-state index in [2.05, 4.69) is 21.2 Å². The third-order valence-electron chi connectivity index (χ3n) is 4.43. The van der Waals surface area contributed by atoms with Gasteiger partial charge in [0.05, 0.1) is 24.6 Å². The van der Waals surface area contributed by atoms with Crippen molar-refractivity contribution < 1.29 is 19.1 Å². The average molecular weight is 430 g/mol. The Morgan fingerprint density at radius 1 is 0.844 bits per heavy atom. The number of ether oxygens (including phenoxy) is 1. The van der Waals surface area contributed by atoms with Crippen molar-refractivity contribution in [2.45, 2.75) is 6.92 Å². The maximum Gasteiger partial charge on any atom is 0.329 e. The SMILES string of the molecule is COc1ccc(C=NNC(=O)C(=O)Nc2ccccc2C(=O)Nc2ccc(C)cc2)cc1. The third kappa shape index (κ3) is 6.02. The summed E-state index contributed by atoms with van der Waals surface area (Å²) in [5, 5.41) is 8.99. The lowest BCUT2D eigenvalue weighted by atomic mass is 10.1. The van der Waals surface area contributed by atoms with Gasteiger partial charge in [0.2, 0.25) is 0 Å². The second-order valence-corrected chi connectivity index (χ2v) is 6.79. The minimum atomic E-state index is -0.969. The molecule has 0 spiro atoms. The van der Waals surface area contributed by atoms with Gasteiger partial charge in [-0.25, -0.2) is 5.43 Å². The van der Waals surface area contributed by atoms with Crippen molar-refractivity contribution >= 4 is 35.3 Å². The summed E-state index contributed by atoms with van der Waals surface area (Å²) in [5.74, 6) is -1.64. The van der Waals surface area contributed by atoms with E-state index in [1.54, 1.807) is 61.7 Å². The largest absolute Gasteiger partial charge is 0.497 e. The van der Waals surface area contributed by atoms with Crippen LogP contribution in [0.3, 0.4) is 0 Å². The summed E-state index contributed by atoms with van der Waals surface area (Å²) < 4.78 is 5.07. The number of aryl methyl sites for hydroxylation is 1. The van der Waals surface area contributed by atoms with E-state index in [1.165, 1.54) is 12.3 Å². The molecule has 0 aliphatic rings. The Labute approximate surface area is 185 Å². The molecule has 0 radical (unpaired) electrons. The van der Waals surface area contributed by atoms with Crippen LogP contribution in [-0.4, -0.2) is 31.0 Å². The highest BCUT2D eigenvalue weighted by Crippen LogP contribution is 2.18. The summed E-state index contributed by atoms with van der Waals surface area (Å²) in [6.07, 6.45) is 1.40. The van der Waals surface area contributed by atoms with E-state index in [0.29, 0.717) is 17.0 Å². The fraction of sp³-hybridized carbons (Fsp3) is 0.0833. The number of amides is 3. The van der Waals surface area contributed by atoms with Gasteiger partial charge in [-0.1, -0.05) is 29.8 Å². The number of nitrogens with one attached hydrogen (secondary N) is 3. The van der Waals surface area contributed by atoms with Crippen LogP contribution in [0.2, 0.25) is 0 Å². The zero-order valence-electron chi connectivity index (χ0n) is 17.6. The molecule has 3 amide bonds. The van der Waals surface area contributed by atoms with E-state index < -0.39 is 17.7 Å². The van der Waals surface area contributed by atoms with Gasteiger partial charge in [0.15, 0.2) is 0 Å². The molecule has 3 rings (SSSR count). The van der Waals surface area contributed by atoms with Crippen molar-refractivity contribution in [2.24, 2.45) is 5.10 Å². The van der Waals surface area contributed by atoms with Crippen molar-refractivity contribution in [1.29, 1.82) is 0 Å². The summed E-state index contributed by atoms with van der Waals surface area (Å²) in [5.41, 5.74) is 4.98. The van der Waals surface area contributed by atoms with Crippen molar-refractivity contribution in [3.63, 3.8) is 0 Å². The lowest BCUT2D eigenvalue weighted by molar-refractivity contribution is -0.136. The number of carbonyl (C=O) groups excluding carboxylic acids is 3. The molecule has 0 unspecified atom stereocenters. The van der Waals surface area contributed by atoms with Crippen LogP contribution in [0.1, 0.15) is 21.5 Å². The Morgan fingerprint density at radius 3 is 2.22 bits per heavy atom. The average Bonchev–Trinajstić information content (AvgIpc) is 2.81. The third-order valence-corrected chi connectivity index (χ3v) is 4.43. The first-order chi connectivity index (χ1) is 15.5. The number of para-hydroxylation sites is 1. The minimum absolute atomic E-state index is 0.205. The molecule has 3 aromatic rings. The number of hydrazone groups is 1. The molecule has 0 saturated carbocycles. The van der Waals surface area contributed by atoms with Gasteiger partial charge in [-0.2, -0.15) is 5.10 Å². The van der Waals surface area contributed by atoms with Crippen LogP contribution in [0.15, 0.2) is 77.9 Å². The highest BCUT2D eigenvalue weighted by atomic mass is 16.5. The van der Waals surface area contributed by atoms with Crippen LogP contribution in [0, 0.1) is 6.92 Å². The molecule has 0 aliphatic carbocycles. The monoisotopic (exact) mass is 430 g/mol. The summed E-state index contributed by atoms with van der Waals surface area (Å²) >= 11 is 0. The summed E-state index contributed by atoms with van der Waals surface area (Å²) in [7, 11) is 1.56. The molecular formula is C24H22N4O4. The zero-order chi connectivity index (χ0) is 22.9. The molecular weight excluding hydrogens is 408 g/mol. The number of rotatable bonds is 6. The van der Waals surface area contributed by atoms with Gasteiger partial charge in [-0.15, -0.1) is 0 Å². The van der Waals surface area contributed by atoms with Gasteiger partial charge >= 0.3 is 11.8 Å². The maximum absolute atomic E-state index is 12.7. The molecule has 0 fully saturated rings. The van der Waals surface area contributed by atoms with E-state index in [-0.39, 0.29) is 11.3 Å². The first kappa shape index (κ1) is 22.2. The molecule has 8 heteroatoms.